The van der Waals surface area contributed by atoms with Crippen molar-refractivity contribution >= 4 is 11.9 Å². The molecule has 0 aromatic carbocycles. The molecule has 4 N–H and O–H groups in total. The van der Waals surface area contributed by atoms with Crippen LogP contribution >= 0.6 is 0 Å². The van der Waals surface area contributed by atoms with E-state index in [0.29, 0.717) is 18.8 Å². The second kappa shape index (κ2) is 10.8. The second-order valence-electron chi connectivity index (χ2n) is 13.9. The van der Waals surface area contributed by atoms with E-state index >= 15 is 0 Å². The van der Waals surface area contributed by atoms with Gasteiger partial charge >= 0.3 is 5.97 Å². The Labute approximate surface area is 223 Å². The SMILES string of the molecule is COC(=O)[C@@H](NC(=O)CCC(C)C1CCC2C3C(O)CC4CC(O)CCC4(C)C3CC(O)C12C)C(C)C. The van der Waals surface area contributed by atoms with Crippen LogP contribution in [0.3, 0.4) is 0 Å². The third-order valence-corrected chi connectivity index (χ3v) is 11.8. The van der Waals surface area contributed by atoms with Crippen molar-refractivity contribution in [3.63, 3.8) is 0 Å². The summed E-state index contributed by atoms with van der Waals surface area (Å²) >= 11 is 0. The maximum atomic E-state index is 12.7. The van der Waals surface area contributed by atoms with Crippen LogP contribution in [0.2, 0.25) is 0 Å². The lowest BCUT2D eigenvalue weighted by Gasteiger charge is -2.63. The van der Waals surface area contributed by atoms with Crippen LogP contribution in [0.4, 0.5) is 0 Å². The van der Waals surface area contributed by atoms with Gasteiger partial charge in [0.25, 0.3) is 0 Å². The van der Waals surface area contributed by atoms with Crippen LogP contribution in [-0.4, -0.2) is 58.7 Å². The van der Waals surface area contributed by atoms with E-state index in [4.69, 9.17) is 4.74 Å². The lowest BCUT2D eigenvalue weighted by atomic mass is 9.43. The maximum absolute atomic E-state index is 12.7. The number of hydrogen-bond donors (Lipinski definition) is 4. The number of aliphatic hydroxyl groups excluding tert-OH is 3. The molecule has 37 heavy (non-hydrogen) atoms. The van der Waals surface area contributed by atoms with Gasteiger partial charge < -0.3 is 25.4 Å². The second-order valence-corrected chi connectivity index (χ2v) is 13.9. The van der Waals surface area contributed by atoms with Gasteiger partial charge in [-0.1, -0.05) is 34.6 Å². The van der Waals surface area contributed by atoms with Gasteiger partial charge in [0.2, 0.25) is 5.91 Å². The van der Waals surface area contributed by atoms with E-state index in [-0.39, 0.29) is 64.5 Å². The molecule has 0 aromatic heterocycles. The molecule has 4 aliphatic carbocycles. The Morgan fingerprint density at radius 2 is 1.70 bits per heavy atom. The first-order valence-corrected chi connectivity index (χ1v) is 14.8. The van der Waals surface area contributed by atoms with Gasteiger partial charge in [0.1, 0.15) is 6.04 Å². The molecule has 4 saturated carbocycles. The van der Waals surface area contributed by atoms with E-state index in [2.05, 4.69) is 26.1 Å². The Morgan fingerprint density at radius 1 is 1.00 bits per heavy atom. The summed E-state index contributed by atoms with van der Waals surface area (Å²) in [6.45, 7) is 10.6. The van der Waals surface area contributed by atoms with Crippen LogP contribution in [0.5, 0.6) is 0 Å². The molecular formula is C30H51NO6. The third-order valence-electron chi connectivity index (χ3n) is 11.8. The summed E-state index contributed by atoms with van der Waals surface area (Å²) in [5.41, 5.74) is -0.207. The quantitative estimate of drug-likeness (QED) is 0.380. The van der Waals surface area contributed by atoms with E-state index in [1.54, 1.807) is 0 Å². The monoisotopic (exact) mass is 521 g/mol. The number of ether oxygens (including phenoxy) is 1. The lowest BCUT2D eigenvalue weighted by molar-refractivity contribution is -0.207. The fourth-order valence-electron chi connectivity index (χ4n) is 9.56. The van der Waals surface area contributed by atoms with Crippen molar-refractivity contribution in [1.29, 1.82) is 0 Å². The highest BCUT2D eigenvalue weighted by Gasteiger charge is 2.65. The molecule has 0 bridgehead atoms. The number of methoxy groups -OCH3 is 1. The van der Waals surface area contributed by atoms with Crippen molar-refractivity contribution in [2.75, 3.05) is 7.11 Å². The minimum absolute atomic E-state index is 0.0514. The largest absolute Gasteiger partial charge is 0.467 e. The average Bonchev–Trinajstić information content (AvgIpc) is 3.20. The predicted molar refractivity (Wildman–Crippen MR) is 141 cm³/mol. The smallest absolute Gasteiger partial charge is 0.328 e. The molecule has 0 heterocycles. The Morgan fingerprint density at radius 3 is 2.35 bits per heavy atom. The molecule has 4 fully saturated rings. The fraction of sp³-hybridized carbons (Fsp3) is 0.933. The molecule has 0 radical (unpaired) electrons. The number of carbonyl (C=O) groups is 2. The molecule has 4 aliphatic rings. The topological polar surface area (TPSA) is 116 Å². The van der Waals surface area contributed by atoms with Crippen molar-refractivity contribution < 1.29 is 29.6 Å². The lowest BCUT2D eigenvalue weighted by Crippen LogP contribution is -2.62. The number of fused-ring (bicyclic) bond motifs is 5. The molecule has 0 aliphatic heterocycles. The molecular weight excluding hydrogens is 470 g/mol. The zero-order valence-electron chi connectivity index (χ0n) is 23.8. The van der Waals surface area contributed by atoms with Crippen LogP contribution in [0.15, 0.2) is 0 Å². The molecule has 0 spiro atoms. The number of aliphatic hydroxyl groups is 3. The standard InChI is InChI=1S/C30H51NO6/c1-16(2)27(28(36)37-6)31-25(35)10-7-17(3)20-8-9-21-26-22(15-24(34)30(20,21)5)29(4)12-11-19(32)13-18(29)14-23(26)33/h16-24,26-27,32-34H,7-15H2,1-6H3,(H,31,35)/t17?,18?,19?,20?,21?,22?,23?,24?,26?,27-,29?,30?/m0/s1. The van der Waals surface area contributed by atoms with E-state index in [0.717, 1.165) is 44.9 Å². The number of amides is 1. The molecule has 212 valence electrons. The number of carbonyl (C=O) groups excluding carboxylic acids is 2. The minimum atomic E-state index is -0.642. The first-order chi connectivity index (χ1) is 17.3. The van der Waals surface area contributed by atoms with Crippen LogP contribution in [-0.2, 0) is 14.3 Å². The van der Waals surface area contributed by atoms with Gasteiger partial charge in [0.05, 0.1) is 25.4 Å². The summed E-state index contributed by atoms with van der Waals surface area (Å²) in [5, 5.41) is 36.3. The number of esters is 1. The molecule has 0 saturated heterocycles. The average molecular weight is 522 g/mol. The van der Waals surface area contributed by atoms with Gasteiger partial charge in [-0.2, -0.15) is 0 Å². The normalized spacial score (nSPS) is 44.8. The summed E-state index contributed by atoms with van der Waals surface area (Å²) in [5.74, 6) is 0.989. The van der Waals surface area contributed by atoms with Crippen molar-refractivity contribution in [2.45, 2.75) is 117 Å². The Hall–Kier alpha value is -1.18. The molecule has 0 aromatic rings. The van der Waals surface area contributed by atoms with E-state index < -0.39 is 18.1 Å². The van der Waals surface area contributed by atoms with Gasteiger partial charge in [-0.05, 0) is 104 Å². The first kappa shape index (κ1) is 28.8. The Kier molecular flexibility index (Phi) is 8.39. The van der Waals surface area contributed by atoms with Crippen LogP contribution in [0, 0.1) is 52.3 Å². The maximum Gasteiger partial charge on any atom is 0.328 e. The van der Waals surface area contributed by atoms with Crippen LogP contribution in [0.25, 0.3) is 0 Å². The predicted octanol–water partition coefficient (Wildman–Crippen LogP) is 3.68. The summed E-state index contributed by atoms with van der Waals surface area (Å²) in [7, 11) is 1.34. The van der Waals surface area contributed by atoms with Gasteiger partial charge in [0.15, 0.2) is 0 Å². The first-order valence-electron chi connectivity index (χ1n) is 14.8. The highest BCUT2D eigenvalue weighted by molar-refractivity contribution is 5.84. The summed E-state index contributed by atoms with van der Waals surface area (Å²) in [4.78, 5) is 24.8. The minimum Gasteiger partial charge on any atom is -0.467 e. The van der Waals surface area contributed by atoms with Crippen molar-refractivity contribution in [2.24, 2.45) is 52.3 Å². The Balaban J connectivity index is 1.45. The summed E-state index contributed by atoms with van der Waals surface area (Å²) < 4.78 is 4.85. The van der Waals surface area contributed by atoms with Gasteiger partial charge in [-0.3, -0.25) is 4.79 Å². The van der Waals surface area contributed by atoms with Gasteiger partial charge in [-0.15, -0.1) is 0 Å². The molecule has 11 unspecified atom stereocenters. The Bertz CT molecular complexity index is 848. The van der Waals surface area contributed by atoms with Crippen molar-refractivity contribution in [3.8, 4) is 0 Å². The molecule has 4 rings (SSSR count). The van der Waals surface area contributed by atoms with E-state index in [9.17, 15) is 24.9 Å². The number of hydrogen-bond acceptors (Lipinski definition) is 6. The summed E-state index contributed by atoms with van der Waals surface area (Å²) in [6.07, 6.45) is 6.02. The molecule has 1 amide bonds. The van der Waals surface area contributed by atoms with Crippen LogP contribution < -0.4 is 5.32 Å². The zero-order valence-corrected chi connectivity index (χ0v) is 23.8. The highest BCUT2D eigenvalue weighted by atomic mass is 16.5. The highest BCUT2D eigenvalue weighted by Crippen LogP contribution is 2.68. The fourth-order valence-corrected chi connectivity index (χ4v) is 9.56. The van der Waals surface area contributed by atoms with E-state index in [1.165, 1.54) is 7.11 Å². The van der Waals surface area contributed by atoms with Crippen molar-refractivity contribution in [3.05, 3.63) is 0 Å². The summed E-state index contributed by atoms with van der Waals surface area (Å²) in [6, 6.07) is -0.642. The zero-order chi connectivity index (χ0) is 27.3. The third kappa shape index (κ3) is 4.98. The number of rotatable bonds is 7. The van der Waals surface area contributed by atoms with E-state index in [1.807, 2.05) is 13.8 Å². The molecule has 7 heteroatoms. The molecule has 12 atom stereocenters. The molecule has 7 nitrogen and oxygen atoms in total. The van der Waals surface area contributed by atoms with Gasteiger partial charge in [-0.25, -0.2) is 4.79 Å². The van der Waals surface area contributed by atoms with Crippen LogP contribution in [0.1, 0.15) is 92.4 Å². The van der Waals surface area contributed by atoms with Crippen molar-refractivity contribution in [1.82, 2.24) is 5.32 Å². The number of nitrogens with one attached hydrogen (secondary N) is 1. The van der Waals surface area contributed by atoms with Gasteiger partial charge in [0, 0.05) is 6.42 Å².